The van der Waals surface area contributed by atoms with Crippen LogP contribution in [0.4, 0.5) is 0 Å². The molecule has 0 saturated carbocycles. The summed E-state index contributed by atoms with van der Waals surface area (Å²) in [7, 11) is 0. The minimum atomic E-state index is -0.323. The van der Waals surface area contributed by atoms with Crippen molar-refractivity contribution in [3.63, 3.8) is 0 Å². The van der Waals surface area contributed by atoms with Gasteiger partial charge in [0.15, 0.2) is 0 Å². The van der Waals surface area contributed by atoms with E-state index in [0.717, 1.165) is 0 Å². The maximum Gasteiger partial charge on any atom is 0.253 e. The Morgan fingerprint density at radius 2 is 1.94 bits per heavy atom. The van der Waals surface area contributed by atoms with Crippen LogP contribution in [0.1, 0.15) is 5.56 Å². The lowest BCUT2D eigenvalue weighted by atomic mass is 10.1. The molecule has 0 saturated heterocycles. The lowest BCUT2D eigenvalue weighted by Gasteiger charge is -2.05. The third-order valence-corrected chi connectivity index (χ3v) is 2.93. The number of aromatic nitrogens is 1. The topological polar surface area (TPSA) is 53.1 Å². The van der Waals surface area contributed by atoms with Crippen LogP contribution >= 0.6 is 23.2 Å². The van der Waals surface area contributed by atoms with E-state index < -0.39 is 0 Å². The molecule has 3 nitrogen and oxygen atoms in total. The highest BCUT2D eigenvalue weighted by Gasteiger charge is 2.06. The van der Waals surface area contributed by atoms with E-state index in [0.29, 0.717) is 26.9 Å². The molecule has 17 heavy (non-hydrogen) atoms. The standard InChI is InChI=1S/C12H9Cl2NO2/c13-8-2-3-9(10(14)5-8)11-4-1-7(6-16)12(17)15-11/h1-5,16H,6H2,(H,15,17). The van der Waals surface area contributed by atoms with E-state index in [1.807, 2.05) is 0 Å². The number of rotatable bonds is 2. The highest BCUT2D eigenvalue weighted by Crippen LogP contribution is 2.28. The van der Waals surface area contributed by atoms with Crippen molar-refractivity contribution in [2.45, 2.75) is 6.61 Å². The van der Waals surface area contributed by atoms with E-state index in [9.17, 15) is 4.79 Å². The number of aliphatic hydroxyl groups excluding tert-OH is 1. The summed E-state index contributed by atoms with van der Waals surface area (Å²) in [4.78, 5) is 14.2. The van der Waals surface area contributed by atoms with Gasteiger partial charge < -0.3 is 10.1 Å². The molecule has 1 aromatic carbocycles. The molecule has 2 rings (SSSR count). The molecule has 0 bridgehead atoms. The Kier molecular flexibility index (Phi) is 3.52. The number of pyridine rings is 1. The zero-order valence-corrected chi connectivity index (χ0v) is 10.2. The number of aliphatic hydroxyl groups is 1. The molecule has 2 N–H and O–H groups in total. The van der Waals surface area contributed by atoms with Crippen molar-refractivity contribution < 1.29 is 5.11 Å². The van der Waals surface area contributed by atoms with Gasteiger partial charge in [0, 0.05) is 21.8 Å². The second-order valence-electron chi connectivity index (χ2n) is 3.51. The van der Waals surface area contributed by atoms with Gasteiger partial charge in [-0.3, -0.25) is 4.79 Å². The lowest BCUT2D eigenvalue weighted by molar-refractivity contribution is 0.280. The normalized spacial score (nSPS) is 10.5. The minimum absolute atomic E-state index is 0.288. The molecule has 0 fully saturated rings. The second-order valence-corrected chi connectivity index (χ2v) is 4.35. The second kappa shape index (κ2) is 4.92. The van der Waals surface area contributed by atoms with Crippen molar-refractivity contribution in [1.29, 1.82) is 0 Å². The molecule has 88 valence electrons. The monoisotopic (exact) mass is 269 g/mol. The largest absolute Gasteiger partial charge is 0.391 e. The van der Waals surface area contributed by atoms with E-state index in [-0.39, 0.29) is 12.2 Å². The van der Waals surface area contributed by atoms with Gasteiger partial charge >= 0.3 is 0 Å². The Balaban J connectivity index is 2.54. The van der Waals surface area contributed by atoms with Crippen LogP contribution in [0.2, 0.25) is 10.0 Å². The summed E-state index contributed by atoms with van der Waals surface area (Å²) < 4.78 is 0. The molecular formula is C12H9Cl2NO2. The Morgan fingerprint density at radius 1 is 1.18 bits per heavy atom. The first-order valence-corrected chi connectivity index (χ1v) is 5.66. The van der Waals surface area contributed by atoms with Gasteiger partial charge in [-0.15, -0.1) is 0 Å². The van der Waals surface area contributed by atoms with Crippen molar-refractivity contribution in [3.05, 3.63) is 56.3 Å². The van der Waals surface area contributed by atoms with Crippen LogP contribution in [-0.4, -0.2) is 10.1 Å². The fraction of sp³-hybridized carbons (Fsp3) is 0.0833. The van der Waals surface area contributed by atoms with Gasteiger partial charge in [-0.05, 0) is 30.3 Å². The predicted molar refractivity (Wildman–Crippen MR) is 68.4 cm³/mol. The number of nitrogens with one attached hydrogen (secondary N) is 1. The van der Waals surface area contributed by atoms with Crippen LogP contribution in [-0.2, 0) is 6.61 Å². The molecule has 1 heterocycles. The van der Waals surface area contributed by atoms with Crippen LogP contribution in [0.5, 0.6) is 0 Å². The third kappa shape index (κ3) is 2.52. The molecule has 0 aliphatic carbocycles. The molecule has 0 amide bonds. The summed E-state index contributed by atoms with van der Waals surface area (Å²) in [6.45, 7) is -0.288. The molecule has 1 aromatic heterocycles. The van der Waals surface area contributed by atoms with Gasteiger partial charge in [0.1, 0.15) is 0 Å². The summed E-state index contributed by atoms with van der Waals surface area (Å²) in [6, 6.07) is 8.30. The Bertz CT molecular complexity index is 608. The van der Waals surface area contributed by atoms with Crippen LogP contribution in [0.15, 0.2) is 35.1 Å². The third-order valence-electron chi connectivity index (χ3n) is 2.38. The quantitative estimate of drug-likeness (QED) is 0.881. The lowest BCUT2D eigenvalue weighted by Crippen LogP contribution is -2.12. The summed E-state index contributed by atoms with van der Waals surface area (Å²) in [5.74, 6) is 0. The first-order valence-electron chi connectivity index (χ1n) is 4.90. The summed E-state index contributed by atoms with van der Waals surface area (Å²) in [6.07, 6.45) is 0. The number of hydrogen-bond acceptors (Lipinski definition) is 2. The first-order chi connectivity index (χ1) is 8.11. The van der Waals surface area contributed by atoms with Crippen LogP contribution in [0, 0.1) is 0 Å². The van der Waals surface area contributed by atoms with Crippen LogP contribution < -0.4 is 5.56 Å². The number of H-pyrrole nitrogens is 1. The Morgan fingerprint density at radius 3 is 2.53 bits per heavy atom. The number of benzene rings is 1. The molecule has 0 spiro atoms. The smallest absolute Gasteiger partial charge is 0.253 e. The highest BCUT2D eigenvalue weighted by molar-refractivity contribution is 6.36. The predicted octanol–water partition coefficient (Wildman–Crippen LogP) is 2.84. The molecule has 0 radical (unpaired) electrons. The molecule has 0 unspecified atom stereocenters. The minimum Gasteiger partial charge on any atom is -0.391 e. The van der Waals surface area contributed by atoms with Gasteiger partial charge in [-0.25, -0.2) is 0 Å². The van der Waals surface area contributed by atoms with Crippen LogP contribution in [0.25, 0.3) is 11.3 Å². The van der Waals surface area contributed by atoms with Crippen molar-refractivity contribution in [2.24, 2.45) is 0 Å². The van der Waals surface area contributed by atoms with Crippen molar-refractivity contribution in [3.8, 4) is 11.3 Å². The average molecular weight is 270 g/mol. The van der Waals surface area contributed by atoms with Crippen molar-refractivity contribution in [1.82, 2.24) is 4.98 Å². The maximum absolute atomic E-state index is 11.5. The van der Waals surface area contributed by atoms with Crippen molar-refractivity contribution in [2.75, 3.05) is 0 Å². The van der Waals surface area contributed by atoms with Crippen LogP contribution in [0.3, 0.4) is 0 Å². The Labute approximate surface area is 108 Å². The zero-order valence-electron chi connectivity index (χ0n) is 8.71. The average Bonchev–Trinajstić information content (AvgIpc) is 2.29. The summed E-state index contributed by atoms with van der Waals surface area (Å²) >= 11 is 11.8. The number of hydrogen-bond donors (Lipinski definition) is 2. The highest BCUT2D eigenvalue weighted by atomic mass is 35.5. The summed E-state index contributed by atoms with van der Waals surface area (Å²) in [5, 5.41) is 9.91. The first kappa shape index (κ1) is 12.2. The molecule has 2 aromatic rings. The fourth-order valence-corrected chi connectivity index (χ4v) is 2.00. The van der Waals surface area contributed by atoms with Gasteiger partial charge in [-0.2, -0.15) is 0 Å². The van der Waals surface area contributed by atoms with Gasteiger partial charge in [0.25, 0.3) is 5.56 Å². The summed E-state index contributed by atoms with van der Waals surface area (Å²) in [5.41, 5.74) is 1.28. The van der Waals surface area contributed by atoms with Crippen molar-refractivity contribution >= 4 is 23.2 Å². The fourth-order valence-electron chi connectivity index (χ4n) is 1.49. The number of halogens is 2. The van der Waals surface area contributed by atoms with Gasteiger partial charge in [0.2, 0.25) is 0 Å². The molecule has 5 heteroatoms. The molecule has 0 aliphatic heterocycles. The number of aromatic amines is 1. The van der Waals surface area contributed by atoms with E-state index in [4.69, 9.17) is 28.3 Å². The Hall–Kier alpha value is -1.29. The van der Waals surface area contributed by atoms with Gasteiger partial charge in [-0.1, -0.05) is 23.2 Å². The zero-order chi connectivity index (χ0) is 12.4. The SMILES string of the molecule is O=c1[nH]c(-c2ccc(Cl)cc2Cl)ccc1CO. The maximum atomic E-state index is 11.5. The van der Waals surface area contributed by atoms with E-state index >= 15 is 0 Å². The van der Waals surface area contributed by atoms with E-state index in [2.05, 4.69) is 4.98 Å². The molecule has 0 atom stereocenters. The van der Waals surface area contributed by atoms with E-state index in [1.165, 1.54) is 0 Å². The van der Waals surface area contributed by atoms with E-state index in [1.54, 1.807) is 30.3 Å². The van der Waals surface area contributed by atoms with Gasteiger partial charge in [0.05, 0.1) is 11.6 Å². The molecule has 0 aliphatic rings. The molecular weight excluding hydrogens is 261 g/mol.